The predicted octanol–water partition coefficient (Wildman–Crippen LogP) is 1.44. The number of nitrogens with two attached hydrogens (primary N) is 1. The van der Waals surface area contributed by atoms with Gasteiger partial charge in [-0.3, -0.25) is 4.68 Å². The van der Waals surface area contributed by atoms with E-state index in [0.29, 0.717) is 11.4 Å². The Hall–Kier alpha value is -1.41. The number of nitrogens with one attached hydrogen (secondary N) is 1. The molecule has 3 N–H and O–H groups in total. The maximum Gasteiger partial charge on any atom is 0.244 e. The molecule has 0 saturated heterocycles. The molecule has 0 bridgehead atoms. The first-order chi connectivity index (χ1) is 9.83. The minimum atomic E-state index is -3.62. The third-order valence-corrected chi connectivity index (χ3v) is 5.11. The Kier molecular flexibility index (Phi) is 6.13. The van der Waals surface area contributed by atoms with E-state index in [4.69, 9.17) is 5.73 Å². The van der Waals surface area contributed by atoms with E-state index in [2.05, 4.69) is 9.82 Å². The Bertz CT molecular complexity index is 729. The van der Waals surface area contributed by atoms with Crippen molar-refractivity contribution in [2.75, 3.05) is 6.54 Å². The first-order valence-electron chi connectivity index (χ1n) is 6.63. The lowest BCUT2D eigenvalue weighted by molar-refractivity contribution is 0.571. The van der Waals surface area contributed by atoms with E-state index < -0.39 is 16.1 Å². The van der Waals surface area contributed by atoms with Crippen molar-refractivity contribution in [1.29, 1.82) is 0 Å². The van der Waals surface area contributed by atoms with Crippen LogP contribution in [0.5, 0.6) is 0 Å². The SMILES string of the molecule is Cc1nn(C)c(C)c1S(=O)(=O)NCC(N)c1ccccc1.Cl. The van der Waals surface area contributed by atoms with Crippen LogP contribution >= 0.6 is 12.4 Å². The molecule has 0 spiro atoms. The Balaban J connectivity index is 0.00000242. The van der Waals surface area contributed by atoms with Crippen molar-refractivity contribution in [3.8, 4) is 0 Å². The summed E-state index contributed by atoms with van der Waals surface area (Å²) in [7, 11) is -1.90. The van der Waals surface area contributed by atoms with Crippen LogP contribution in [0.3, 0.4) is 0 Å². The van der Waals surface area contributed by atoms with E-state index >= 15 is 0 Å². The molecule has 0 radical (unpaired) electrons. The molecule has 0 aliphatic heterocycles. The number of sulfonamides is 1. The number of hydrogen-bond acceptors (Lipinski definition) is 4. The van der Waals surface area contributed by atoms with Crippen molar-refractivity contribution in [1.82, 2.24) is 14.5 Å². The van der Waals surface area contributed by atoms with Gasteiger partial charge in [-0.15, -0.1) is 12.4 Å². The van der Waals surface area contributed by atoms with E-state index in [1.165, 1.54) is 0 Å². The molecular weight excluding hydrogens is 324 g/mol. The minimum absolute atomic E-state index is 0. The quantitative estimate of drug-likeness (QED) is 0.858. The second-order valence-corrected chi connectivity index (χ2v) is 6.70. The smallest absolute Gasteiger partial charge is 0.244 e. The standard InChI is InChI=1S/C14H20N4O2S.ClH/c1-10-14(11(2)18(3)17-10)21(19,20)16-9-13(15)12-7-5-4-6-8-12;/h4-8,13,16H,9,15H2,1-3H3;1H. The summed E-state index contributed by atoms with van der Waals surface area (Å²) in [6.07, 6.45) is 0. The molecule has 1 heterocycles. The molecule has 0 saturated carbocycles. The second-order valence-electron chi connectivity index (χ2n) is 4.99. The lowest BCUT2D eigenvalue weighted by atomic mass is 10.1. The molecule has 1 atom stereocenters. The number of benzene rings is 1. The van der Waals surface area contributed by atoms with Crippen LogP contribution in [0.15, 0.2) is 35.2 Å². The van der Waals surface area contributed by atoms with Crippen LogP contribution in [0.25, 0.3) is 0 Å². The van der Waals surface area contributed by atoms with Crippen molar-refractivity contribution in [2.24, 2.45) is 12.8 Å². The Morgan fingerprint density at radius 1 is 1.27 bits per heavy atom. The number of nitrogens with zero attached hydrogens (tertiary/aromatic N) is 2. The summed E-state index contributed by atoms with van der Waals surface area (Å²) < 4.78 is 28.9. The fourth-order valence-corrected chi connectivity index (χ4v) is 3.73. The van der Waals surface area contributed by atoms with Crippen molar-refractivity contribution in [3.63, 3.8) is 0 Å². The van der Waals surface area contributed by atoms with Gasteiger partial charge in [-0.05, 0) is 19.4 Å². The molecule has 0 amide bonds. The summed E-state index contributed by atoms with van der Waals surface area (Å²) in [5.41, 5.74) is 7.99. The average Bonchev–Trinajstić information content (AvgIpc) is 2.71. The van der Waals surface area contributed by atoms with E-state index in [0.717, 1.165) is 5.56 Å². The molecular formula is C14H21ClN4O2S. The fraction of sp³-hybridized carbons (Fsp3) is 0.357. The van der Waals surface area contributed by atoms with Gasteiger partial charge in [-0.2, -0.15) is 5.10 Å². The average molecular weight is 345 g/mol. The zero-order valence-corrected chi connectivity index (χ0v) is 14.4. The molecule has 1 unspecified atom stereocenters. The summed E-state index contributed by atoms with van der Waals surface area (Å²) in [4.78, 5) is 0.227. The third-order valence-electron chi connectivity index (χ3n) is 3.43. The van der Waals surface area contributed by atoms with Gasteiger partial charge in [0.15, 0.2) is 0 Å². The maximum atomic E-state index is 12.4. The van der Waals surface area contributed by atoms with Gasteiger partial charge in [0.05, 0.1) is 11.4 Å². The number of aryl methyl sites for hydroxylation is 2. The molecule has 122 valence electrons. The summed E-state index contributed by atoms with van der Waals surface area (Å²) in [6.45, 7) is 3.55. The Morgan fingerprint density at radius 2 is 1.86 bits per heavy atom. The number of halogens is 1. The van der Waals surface area contributed by atoms with Crippen molar-refractivity contribution < 1.29 is 8.42 Å². The molecule has 22 heavy (non-hydrogen) atoms. The van der Waals surface area contributed by atoms with Crippen LogP contribution in [-0.4, -0.2) is 24.7 Å². The minimum Gasteiger partial charge on any atom is -0.323 e. The summed E-state index contributed by atoms with van der Waals surface area (Å²) in [5, 5.41) is 4.13. The highest BCUT2D eigenvalue weighted by molar-refractivity contribution is 7.89. The Labute approximate surface area is 137 Å². The van der Waals surface area contributed by atoms with Gasteiger partial charge in [0.1, 0.15) is 4.90 Å². The van der Waals surface area contributed by atoms with E-state index in [1.807, 2.05) is 30.3 Å². The van der Waals surface area contributed by atoms with Crippen LogP contribution in [-0.2, 0) is 17.1 Å². The predicted molar refractivity (Wildman–Crippen MR) is 88.5 cm³/mol. The first-order valence-corrected chi connectivity index (χ1v) is 8.11. The summed E-state index contributed by atoms with van der Waals surface area (Å²) in [5.74, 6) is 0. The van der Waals surface area contributed by atoms with Crippen LogP contribution in [0.4, 0.5) is 0 Å². The third kappa shape index (κ3) is 3.86. The molecule has 6 nitrogen and oxygen atoms in total. The highest BCUT2D eigenvalue weighted by Gasteiger charge is 2.24. The lowest BCUT2D eigenvalue weighted by Gasteiger charge is -2.13. The van der Waals surface area contributed by atoms with Crippen molar-refractivity contribution in [2.45, 2.75) is 24.8 Å². The van der Waals surface area contributed by atoms with Crippen LogP contribution in [0.2, 0.25) is 0 Å². The summed E-state index contributed by atoms with van der Waals surface area (Å²) >= 11 is 0. The molecule has 2 aromatic rings. The highest BCUT2D eigenvalue weighted by Crippen LogP contribution is 2.18. The number of aromatic nitrogens is 2. The lowest BCUT2D eigenvalue weighted by Crippen LogP contribution is -2.32. The summed E-state index contributed by atoms with van der Waals surface area (Å²) in [6, 6.07) is 9.00. The van der Waals surface area contributed by atoms with Crippen LogP contribution < -0.4 is 10.5 Å². The molecule has 0 aliphatic carbocycles. The number of hydrogen-bond donors (Lipinski definition) is 2. The van der Waals surface area contributed by atoms with Crippen LogP contribution in [0.1, 0.15) is 23.0 Å². The van der Waals surface area contributed by atoms with Gasteiger partial charge in [0, 0.05) is 19.6 Å². The van der Waals surface area contributed by atoms with Gasteiger partial charge in [-0.25, -0.2) is 13.1 Å². The van der Waals surface area contributed by atoms with Crippen molar-refractivity contribution in [3.05, 3.63) is 47.3 Å². The normalized spacial score (nSPS) is 12.7. The molecule has 0 aliphatic rings. The zero-order chi connectivity index (χ0) is 15.6. The fourth-order valence-electron chi connectivity index (χ4n) is 2.23. The number of rotatable bonds is 5. The van der Waals surface area contributed by atoms with Gasteiger partial charge >= 0.3 is 0 Å². The largest absolute Gasteiger partial charge is 0.323 e. The maximum absolute atomic E-state index is 12.4. The van der Waals surface area contributed by atoms with Crippen LogP contribution in [0, 0.1) is 13.8 Å². The van der Waals surface area contributed by atoms with Gasteiger partial charge in [-0.1, -0.05) is 30.3 Å². The van der Waals surface area contributed by atoms with E-state index in [1.54, 1.807) is 25.6 Å². The topological polar surface area (TPSA) is 90.0 Å². The Morgan fingerprint density at radius 3 is 2.36 bits per heavy atom. The van der Waals surface area contributed by atoms with Gasteiger partial charge in [0.25, 0.3) is 0 Å². The second kappa shape index (κ2) is 7.23. The molecule has 2 rings (SSSR count). The monoisotopic (exact) mass is 344 g/mol. The van der Waals surface area contributed by atoms with E-state index in [9.17, 15) is 8.42 Å². The highest BCUT2D eigenvalue weighted by atomic mass is 35.5. The molecule has 0 fully saturated rings. The first kappa shape index (κ1) is 18.6. The molecule has 1 aromatic carbocycles. The van der Waals surface area contributed by atoms with Crippen molar-refractivity contribution >= 4 is 22.4 Å². The van der Waals surface area contributed by atoms with Gasteiger partial charge < -0.3 is 5.73 Å². The van der Waals surface area contributed by atoms with Gasteiger partial charge in [0.2, 0.25) is 10.0 Å². The molecule has 8 heteroatoms. The van der Waals surface area contributed by atoms with E-state index in [-0.39, 0.29) is 23.8 Å². The zero-order valence-electron chi connectivity index (χ0n) is 12.8. The molecule has 1 aromatic heterocycles.